The highest BCUT2D eigenvalue weighted by Gasteiger charge is 2.57. The van der Waals surface area contributed by atoms with Crippen LogP contribution in [-0.2, 0) is 10.3 Å². The SMILES string of the molecule is CC(C)(C)C[C@@H]1N[C@@H](C(=O)NCC[C@H](O)CO)[C@H](c2cccc(Cl)c2F)[C@@]1(N)c1ccc(Cl)c(F)c1. The van der Waals surface area contributed by atoms with Crippen molar-refractivity contribution in [2.45, 2.75) is 63.3 Å². The number of aliphatic hydroxyl groups excluding tert-OH is 2. The van der Waals surface area contributed by atoms with E-state index in [0.717, 1.165) is 0 Å². The van der Waals surface area contributed by atoms with Crippen LogP contribution in [0.5, 0.6) is 0 Å². The van der Waals surface area contributed by atoms with Gasteiger partial charge in [0.05, 0.1) is 34.3 Å². The molecule has 36 heavy (non-hydrogen) atoms. The highest BCUT2D eigenvalue weighted by molar-refractivity contribution is 6.31. The minimum absolute atomic E-state index is 0.0807. The molecule has 0 spiro atoms. The Morgan fingerprint density at radius 3 is 2.53 bits per heavy atom. The largest absolute Gasteiger partial charge is 0.394 e. The number of carbonyl (C=O) groups excluding carboxylic acids is 1. The Bertz CT molecular complexity index is 1100. The first-order valence-corrected chi connectivity index (χ1v) is 12.6. The monoisotopic (exact) mass is 543 g/mol. The molecule has 0 aliphatic carbocycles. The minimum Gasteiger partial charge on any atom is -0.394 e. The molecule has 0 unspecified atom stereocenters. The Kier molecular flexibility index (Phi) is 9.02. The first-order valence-electron chi connectivity index (χ1n) is 11.8. The highest BCUT2D eigenvalue weighted by atomic mass is 35.5. The third kappa shape index (κ3) is 6.01. The van der Waals surface area contributed by atoms with Crippen LogP contribution in [0.2, 0.25) is 10.0 Å². The Balaban J connectivity index is 2.16. The van der Waals surface area contributed by atoms with Crippen molar-refractivity contribution >= 4 is 29.1 Å². The quantitative estimate of drug-likeness (QED) is 0.347. The molecule has 10 heteroatoms. The number of hydrogen-bond acceptors (Lipinski definition) is 5. The van der Waals surface area contributed by atoms with E-state index in [4.69, 9.17) is 34.0 Å². The van der Waals surface area contributed by atoms with Gasteiger partial charge in [-0.15, -0.1) is 0 Å². The molecule has 1 amide bonds. The van der Waals surface area contributed by atoms with Gasteiger partial charge in [0.2, 0.25) is 5.91 Å². The third-order valence-electron chi connectivity index (χ3n) is 6.63. The second-order valence-electron chi connectivity index (χ2n) is 10.6. The van der Waals surface area contributed by atoms with E-state index in [1.807, 2.05) is 20.8 Å². The van der Waals surface area contributed by atoms with Crippen molar-refractivity contribution in [3.63, 3.8) is 0 Å². The number of halogens is 4. The van der Waals surface area contributed by atoms with Gasteiger partial charge in [0.1, 0.15) is 11.6 Å². The molecule has 0 radical (unpaired) electrons. The molecule has 5 atom stereocenters. The first-order chi connectivity index (χ1) is 16.8. The lowest BCUT2D eigenvalue weighted by molar-refractivity contribution is -0.123. The second kappa shape index (κ2) is 11.3. The Morgan fingerprint density at radius 1 is 1.22 bits per heavy atom. The van der Waals surface area contributed by atoms with E-state index >= 15 is 4.39 Å². The van der Waals surface area contributed by atoms with Crippen molar-refractivity contribution in [1.82, 2.24) is 10.6 Å². The van der Waals surface area contributed by atoms with Crippen LogP contribution in [0.25, 0.3) is 0 Å². The molecule has 3 rings (SSSR count). The number of nitrogens with one attached hydrogen (secondary N) is 2. The molecule has 2 aromatic carbocycles. The molecule has 1 saturated heterocycles. The number of hydrogen-bond donors (Lipinski definition) is 5. The predicted octanol–water partition coefficient (Wildman–Crippen LogP) is 3.85. The lowest BCUT2D eigenvalue weighted by atomic mass is 9.68. The summed E-state index contributed by atoms with van der Waals surface area (Å²) in [7, 11) is 0. The number of amides is 1. The van der Waals surface area contributed by atoms with Crippen molar-refractivity contribution < 1.29 is 23.8 Å². The summed E-state index contributed by atoms with van der Waals surface area (Å²) in [5.74, 6) is -2.82. The molecule has 198 valence electrons. The van der Waals surface area contributed by atoms with Crippen LogP contribution in [0.1, 0.15) is 50.7 Å². The fourth-order valence-electron chi connectivity index (χ4n) is 4.92. The zero-order valence-corrected chi connectivity index (χ0v) is 22.0. The fourth-order valence-corrected chi connectivity index (χ4v) is 5.22. The van der Waals surface area contributed by atoms with Crippen molar-refractivity contribution in [1.29, 1.82) is 0 Å². The van der Waals surface area contributed by atoms with Gasteiger partial charge in [-0.2, -0.15) is 0 Å². The fraction of sp³-hybridized carbons (Fsp3) is 0.500. The average Bonchev–Trinajstić information content (AvgIpc) is 3.08. The van der Waals surface area contributed by atoms with Crippen LogP contribution >= 0.6 is 23.2 Å². The maximum absolute atomic E-state index is 15.5. The highest BCUT2D eigenvalue weighted by Crippen LogP contribution is 2.49. The average molecular weight is 544 g/mol. The summed E-state index contributed by atoms with van der Waals surface area (Å²) in [5, 5.41) is 24.5. The van der Waals surface area contributed by atoms with Crippen molar-refractivity contribution in [3.8, 4) is 0 Å². The molecule has 6 nitrogen and oxygen atoms in total. The minimum atomic E-state index is -1.42. The van der Waals surface area contributed by atoms with Crippen LogP contribution in [0.15, 0.2) is 36.4 Å². The van der Waals surface area contributed by atoms with Gasteiger partial charge in [-0.3, -0.25) is 4.79 Å². The first kappa shape index (κ1) is 28.8. The summed E-state index contributed by atoms with van der Waals surface area (Å²) in [4.78, 5) is 13.4. The van der Waals surface area contributed by atoms with Gasteiger partial charge in [0.25, 0.3) is 0 Å². The number of nitrogens with two attached hydrogens (primary N) is 1. The Hall–Kier alpha value is -1.81. The summed E-state index contributed by atoms with van der Waals surface area (Å²) in [5.41, 5.74) is 5.96. The van der Waals surface area contributed by atoms with Gasteiger partial charge < -0.3 is 26.6 Å². The molecule has 0 bridgehead atoms. The standard InChI is InChI=1S/C26H33Cl2F2N3O3/c1-25(2,3)12-20-26(31,14-7-8-17(27)19(29)11-14)21(16-5-4-6-18(28)22(16)30)23(33-20)24(36)32-10-9-15(35)13-34/h4-8,11,15,20-21,23,33-35H,9-10,12-13,31H2,1-3H3,(H,32,36)/t15-,20-,21-,23+,26+/m0/s1. The molecule has 1 aliphatic rings. The van der Waals surface area contributed by atoms with E-state index in [1.165, 1.54) is 24.3 Å². The summed E-state index contributed by atoms with van der Waals surface area (Å²) < 4.78 is 30.1. The molecule has 1 heterocycles. The number of benzene rings is 2. The zero-order valence-electron chi connectivity index (χ0n) is 20.5. The van der Waals surface area contributed by atoms with Gasteiger partial charge >= 0.3 is 0 Å². The lowest BCUT2D eigenvalue weighted by Gasteiger charge is -2.39. The molecule has 1 fully saturated rings. The summed E-state index contributed by atoms with van der Waals surface area (Å²) in [6, 6.07) is 7.17. The van der Waals surface area contributed by atoms with E-state index in [9.17, 15) is 14.3 Å². The lowest BCUT2D eigenvalue weighted by Crippen LogP contribution is -2.52. The molecule has 2 aromatic rings. The van der Waals surface area contributed by atoms with E-state index in [1.54, 1.807) is 12.1 Å². The van der Waals surface area contributed by atoms with E-state index in [-0.39, 0.29) is 34.0 Å². The molecule has 1 aliphatic heterocycles. The van der Waals surface area contributed by atoms with E-state index in [0.29, 0.717) is 12.0 Å². The molecular formula is C26H33Cl2F2N3O3. The third-order valence-corrected chi connectivity index (χ3v) is 7.23. The topological polar surface area (TPSA) is 108 Å². The smallest absolute Gasteiger partial charge is 0.237 e. The molecule has 6 N–H and O–H groups in total. The van der Waals surface area contributed by atoms with E-state index in [2.05, 4.69) is 10.6 Å². The normalized spacial score (nSPS) is 25.1. The van der Waals surface area contributed by atoms with Gasteiger partial charge in [0.15, 0.2) is 0 Å². The Labute approximate surface area is 220 Å². The van der Waals surface area contributed by atoms with Crippen LogP contribution in [0.3, 0.4) is 0 Å². The van der Waals surface area contributed by atoms with Gasteiger partial charge in [-0.1, -0.05) is 62.2 Å². The summed E-state index contributed by atoms with van der Waals surface area (Å²) in [6.07, 6.45) is -0.367. The zero-order chi connectivity index (χ0) is 26.8. The summed E-state index contributed by atoms with van der Waals surface area (Å²) in [6.45, 7) is 5.68. The van der Waals surface area contributed by atoms with Crippen molar-refractivity contribution in [3.05, 3.63) is 69.2 Å². The summed E-state index contributed by atoms with van der Waals surface area (Å²) >= 11 is 12.1. The number of rotatable bonds is 8. The van der Waals surface area contributed by atoms with Gasteiger partial charge in [0, 0.05) is 18.5 Å². The molecular weight excluding hydrogens is 511 g/mol. The van der Waals surface area contributed by atoms with Crippen LogP contribution in [-0.4, -0.2) is 47.5 Å². The van der Waals surface area contributed by atoms with E-state index < -0.39 is 53.8 Å². The second-order valence-corrected chi connectivity index (χ2v) is 11.4. The van der Waals surface area contributed by atoms with Gasteiger partial charge in [-0.25, -0.2) is 8.78 Å². The maximum Gasteiger partial charge on any atom is 0.237 e. The molecule has 0 saturated carbocycles. The van der Waals surface area contributed by atoms with Gasteiger partial charge in [-0.05, 0) is 47.6 Å². The van der Waals surface area contributed by atoms with Crippen molar-refractivity contribution in [2.24, 2.45) is 11.1 Å². The number of carbonyl (C=O) groups is 1. The Morgan fingerprint density at radius 2 is 1.92 bits per heavy atom. The maximum atomic E-state index is 15.5. The van der Waals surface area contributed by atoms with Crippen LogP contribution < -0.4 is 16.4 Å². The number of aliphatic hydroxyl groups is 2. The van der Waals surface area contributed by atoms with Crippen molar-refractivity contribution in [2.75, 3.05) is 13.2 Å². The molecule has 0 aromatic heterocycles. The van der Waals surface area contributed by atoms with Crippen LogP contribution in [0, 0.1) is 17.0 Å². The van der Waals surface area contributed by atoms with Crippen LogP contribution in [0.4, 0.5) is 8.78 Å². The predicted molar refractivity (Wildman–Crippen MR) is 137 cm³/mol.